The second kappa shape index (κ2) is 4.53. The van der Waals surface area contributed by atoms with E-state index < -0.39 is 0 Å². The molecule has 0 aliphatic carbocycles. The summed E-state index contributed by atoms with van der Waals surface area (Å²) < 4.78 is 0. The number of benzene rings is 1. The normalized spacial score (nSPS) is 23.6. The molecule has 0 radical (unpaired) electrons. The van der Waals surface area contributed by atoms with Gasteiger partial charge in [-0.3, -0.25) is 0 Å². The third-order valence-corrected chi connectivity index (χ3v) is 3.88. The van der Waals surface area contributed by atoms with Crippen LogP contribution >= 0.6 is 0 Å². The first-order valence-electron chi connectivity index (χ1n) is 6.57. The van der Waals surface area contributed by atoms with Crippen LogP contribution in [0.2, 0.25) is 0 Å². The molecule has 3 rings (SSSR count). The van der Waals surface area contributed by atoms with Crippen LogP contribution in [-0.2, 0) is 13.1 Å². The molecule has 1 saturated heterocycles. The van der Waals surface area contributed by atoms with Crippen molar-refractivity contribution >= 4 is 5.69 Å². The predicted molar refractivity (Wildman–Crippen MR) is 72.1 cm³/mol. The Morgan fingerprint density at radius 1 is 1.29 bits per heavy atom. The van der Waals surface area contributed by atoms with E-state index in [1.54, 1.807) is 0 Å². The highest BCUT2D eigenvalue weighted by atomic mass is 15.1. The summed E-state index contributed by atoms with van der Waals surface area (Å²) in [6, 6.07) is 6.94. The lowest BCUT2D eigenvalue weighted by atomic mass is 10.1. The van der Waals surface area contributed by atoms with Gasteiger partial charge in [0.05, 0.1) is 0 Å². The lowest BCUT2D eigenvalue weighted by Crippen LogP contribution is -2.19. The molecule has 0 saturated carbocycles. The van der Waals surface area contributed by atoms with Gasteiger partial charge in [-0.1, -0.05) is 18.2 Å². The van der Waals surface area contributed by atoms with Crippen molar-refractivity contribution in [3.8, 4) is 0 Å². The highest BCUT2D eigenvalue weighted by Crippen LogP contribution is 2.27. The van der Waals surface area contributed by atoms with E-state index in [1.807, 2.05) is 0 Å². The third kappa shape index (κ3) is 2.09. The molecule has 2 heteroatoms. The van der Waals surface area contributed by atoms with Crippen molar-refractivity contribution in [3.05, 3.63) is 41.5 Å². The Morgan fingerprint density at radius 2 is 2.18 bits per heavy atom. The highest BCUT2D eigenvalue weighted by molar-refractivity contribution is 5.52. The van der Waals surface area contributed by atoms with E-state index in [2.05, 4.69) is 47.5 Å². The Bertz CT molecular complexity index is 437. The number of hydrogen-bond acceptors (Lipinski definition) is 2. The monoisotopic (exact) mass is 228 g/mol. The van der Waals surface area contributed by atoms with Gasteiger partial charge in [-0.15, -0.1) is 0 Å². The van der Waals surface area contributed by atoms with Gasteiger partial charge < -0.3 is 10.2 Å². The minimum absolute atomic E-state index is 0.742. The van der Waals surface area contributed by atoms with Crippen LogP contribution in [0.25, 0.3) is 0 Å². The van der Waals surface area contributed by atoms with Crippen molar-refractivity contribution in [1.29, 1.82) is 0 Å². The zero-order valence-corrected chi connectivity index (χ0v) is 10.4. The number of nitrogens with zero attached hydrogens (tertiary/aromatic N) is 1. The van der Waals surface area contributed by atoms with Crippen molar-refractivity contribution in [2.24, 2.45) is 5.92 Å². The van der Waals surface area contributed by atoms with Crippen molar-refractivity contribution in [2.75, 3.05) is 18.0 Å². The van der Waals surface area contributed by atoms with E-state index in [-0.39, 0.29) is 0 Å². The van der Waals surface area contributed by atoms with Crippen molar-refractivity contribution in [2.45, 2.75) is 26.4 Å². The Morgan fingerprint density at radius 3 is 3.06 bits per heavy atom. The van der Waals surface area contributed by atoms with E-state index in [0.29, 0.717) is 0 Å². The van der Waals surface area contributed by atoms with E-state index in [9.17, 15) is 0 Å². The van der Waals surface area contributed by atoms with Gasteiger partial charge in [-0.2, -0.15) is 0 Å². The molecule has 1 aromatic carbocycles. The summed E-state index contributed by atoms with van der Waals surface area (Å²) in [6.07, 6.45) is 5.81. The summed E-state index contributed by atoms with van der Waals surface area (Å²) in [5.74, 6) is 0.742. The van der Waals surface area contributed by atoms with Crippen LogP contribution in [0.15, 0.2) is 30.4 Å². The molecular weight excluding hydrogens is 208 g/mol. The summed E-state index contributed by atoms with van der Waals surface area (Å²) in [4.78, 5) is 2.52. The molecule has 1 aromatic rings. The summed E-state index contributed by atoms with van der Waals surface area (Å²) >= 11 is 0. The minimum atomic E-state index is 0.742. The van der Waals surface area contributed by atoms with Crippen LogP contribution in [0.4, 0.5) is 5.69 Å². The first-order chi connectivity index (χ1) is 8.36. The number of nitrogens with one attached hydrogen (secondary N) is 1. The van der Waals surface area contributed by atoms with E-state index in [4.69, 9.17) is 0 Å². The molecule has 1 fully saturated rings. The number of fused-ring (bicyclic) bond motifs is 1. The fourth-order valence-corrected chi connectivity index (χ4v) is 2.93. The van der Waals surface area contributed by atoms with Gasteiger partial charge >= 0.3 is 0 Å². The van der Waals surface area contributed by atoms with Crippen LogP contribution in [0.5, 0.6) is 0 Å². The molecule has 0 amide bonds. The maximum atomic E-state index is 3.40. The molecular formula is C15H20N2. The van der Waals surface area contributed by atoms with Crippen LogP contribution in [0.3, 0.4) is 0 Å². The van der Waals surface area contributed by atoms with Crippen molar-refractivity contribution in [1.82, 2.24) is 5.32 Å². The molecule has 0 unspecified atom stereocenters. The Balaban J connectivity index is 1.77. The summed E-state index contributed by atoms with van der Waals surface area (Å²) in [5, 5.41) is 3.40. The van der Waals surface area contributed by atoms with E-state index in [0.717, 1.165) is 19.0 Å². The summed E-state index contributed by atoms with van der Waals surface area (Å²) in [6.45, 7) is 6.56. The standard InChI is InChI=1S/C15H20N2/c1-2-3-12-6-7-17(11-12)15-5-4-13-9-16-10-14(13)8-15/h2-5,8,12,16H,6-7,9-11H2,1H3/b3-2-/t12-/m0/s1. The van der Waals surface area contributed by atoms with E-state index >= 15 is 0 Å². The zero-order chi connectivity index (χ0) is 11.7. The quantitative estimate of drug-likeness (QED) is 0.783. The predicted octanol–water partition coefficient (Wildman–Crippen LogP) is 2.69. The van der Waals surface area contributed by atoms with Gasteiger partial charge in [0.2, 0.25) is 0 Å². The number of rotatable bonds is 2. The Hall–Kier alpha value is -1.28. The molecule has 0 aromatic heterocycles. The van der Waals surface area contributed by atoms with Gasteiger partial charge in [0, 0.05) is 31.9 Å². The smallest absolute Gasteiger partial charge is 0.0369 e. The lowest BCUT2D eigenvalue weighted by molar-refractivity contribution is 0.738. The Kier molecular flexibility index (Phi) is 2.89. The molecule has 0 bridgehead atoms. The van der Waals surface area contributed by atoms with Crippen molar-refractivity contribution in [3.63, 3.8) is 0 Å². The van der Waals surface area contributed by atoms with Gasteiger partial charge in [-0.05, 0) is 42.5 Å². The number of hydrogen-bond donors (Lipinski definition) is 1. The Labute approximate surface area is 103 Å². The first-order valence-corrected chi connectivity index (χ1v) is 6.57. The molecule has 2 heterocycles. The lowest BCUT2D eigenvalue weighted by Gasteiger charge is -2.19. The average Bonchev–Trinajstić information content (AvgIpc) is 2.96. The molecule has 0 spiro atoms. The molecule has 1 N–H and O–H groups in total. The van der Waals surface area contributed by atoms with Crippen LogP contribution in [-0.4, -0.2) is 13.1 Å². The molecule has 90 valence electrons. The second-order valence-electron chi connectivity index (χ2n) is 5.08. The average molecular weight is 228 g/mol. The summed E-state index contributed by atoms with van der Waals surface area (Å²) in [5.41, 5.74) is 4.36. The molecule has 2 aliphatic rings. The SMILES string of the molecule is C/C=C\[C@H]1CCN(c2ccc3c(c2)CNC3)C1. The van der Waals surface area contributed by atoms with Crippen molar-refractivity contribution < 1.29 is 0 Å². The van der Waals surface area contributed by atoms with Crippen LogP contribution in [0, 0.1) is 5.92 Å². The molecule has 17 heavy (non-hydrogen) atoms. The highest BCUT2D eigenvalue weighted by Gasteiger charge is 2.21. The molecule has 1 atom stereocenters. The van der Waals surface area contributed by atoms with Crippen LogP contribution < -0.4 is 10.2 Å². The molecule has 2 aliphatic heterocycles. The minimum Gasteiger partial charge on any atom is -0.371 e. The maximum Gasteiger partial charge on any atom is 0.0369 e. The largest absolute Gasteiger partial charge is 0.371 e. The van der Waals surface area contributed by atoms with E-state index in [1.165, 1.54) is 36.3 Å². The van der Waals surface area contributed by atoms with Gasteiger partial charge in [0.15, 0.2) is 0 Å². The fraction of sp³-hybridized carbons (Fsp3) is 0.467. The maximum absolute atomic E-state index is 3.40. The fourth-order valence-electron chi connectivity index (χ4n) is 2.93. The van der Waals surface area contributed by atoms with Gasteiger partial charge in [-0.25, -0.2) is 0 Å². The first kappa shape index (κ1) is 10.8. The number of allylic oxidation sites excluding steroid dienone is 1. The zero-order valence-electron chi connectivity index (χ0n) is 10.4. The van der Waals surface area contributed by atoms with Crippen LogP contribution in [0.1, 0.15) is 24.5 Å². The molecule has 2 nitrogen and oxygen atoms in total. The van der Waals surface area contributed by atoms with Gasteiger partial charge in [0.25, 0.3) is 0 Å². The summed E-state index contributed by atoms with van der Waals surface area (Å²) in [7, 11) is 0. The number of anilines is 1. The third-order valence-electron chi connectivity index (χ3n) is 3.88. The second-order valence-corrected chi connectivity index (χ2v) is 5.08. The van der Waals surface area contributed by atoms with Gasteiger partial charge in [0.1, 0.15) is 0 Å². The topological polar surface area (TPSA) is 15.3 Å².